The molecule has 0 saturated heterocycles. The van der Waals surface area contributed by atoms with Crippen molar-refractivity contribution in [3.63, 3.8) is 0 Å². The first-order valence-electron chi connectivity index (χ1n) is 7.62. The number of sulfonamides is 1. The summed E-state index contributed by atoms with van der Waals surface area (Å²) in [5.74, 6) is 0.199. The average Bonchev–Trinajstić information content (AvgIpc) is 3.02. The fourth-order valence-electron chi connectivity index (χ4n) is 2.39. The average molecular weight is 375 g/mol. The van der Waals surface area contributed by atoms with Crippen molar-refractivity contribution >= 4 is 22.2 Å². The van der Waals surface area contributed by atoms with Crippen LogP contribution in [0.25, 0.3) is 0 Å². The molecule has 130 valence electrons. The van der Waals surface area contributed by atoms with Gasteiger partial charge in [0, 0.05) is 0 Å². The molecular formula is C17H17N3O3S2. The Hall–Kier alpha value is -2.29. The van der Waals surface area contributed by atoms with Gasteiger partial charge in [-0.1, -0.05) is 48.0 Å². The number of benzene rings is 2. The van der Waals surface area contributed by atoms with Gasteiger partial charge in [0.15, 0.2) is 0 Å². The van der Waals surface area contributed by atoms with Crippen LogP contribution in [-0.4, -0.2) is 18.6 Å². The molecular weight excluding hydrogens is 358 g/mol. The molecule has 0 aliphatic rings. The van der Waals surface area contributed by atoms with Crippen LogP contribution in [0, 0.1) is 11.8 Å². The first-order chi connectivity index (χ1) is 11.9. The third kappa shape index (κ3) is 4.41. The Morgan fingerprint density at radius 2 is 1.84 bits per heavy atom. The van der Waals surface area contributed by atoms with Crippen molar-refractivity contribution in [2.24, 2.45) is 0 Å². The predicted molar refractivity (Wildman–Crippen MR) is 96.1 cm³/mol. The molecule has 0 aliphatic heterocycles. The molecule has 8 heteroatoms. The van der Waals surface area contributed by atoms with Gasteiger partial charge in [-0.3, -0.25) is 0 Å². The van der Waals surface area contributed by atoms with E-state index in [1.807, 2.05) is 37.3 Å². The topological polar surface area (TPSA) is 88.0 Å². The molecule has 3 rings (SSSR count). The number of aryl methyl sites for hydroxylation is 1. The molecule has 0 amide bonds. The maximum absolute atomic E-state index is 12.7. The van der Waals surface area contributed by atoms with Gasteiger partial charge in [0.1, 0.15) is 6.04 Å². The van der Waals surface area contributed by atoms with Gasteiger partial charge in [-0.25, -0.2) is 13.5 Å². The van der Waals surface area contributed by atoms with E-state index in [2.05, 4.69) is 14.9 Å². The molecule has 2 N–H and O–H groups in total. The maximum Gasteiger partial charge on any atom is 0.284 e. The first kappa shape index (κ1) is 17.5. The second kappa shape index (κ2) is 7.30. The molecule has 0 aliphatic carbocycles. The van der Waals surface area contributed by atoms with E-state index < -0.39 is 16.1 Å². The summed E-state index contributed by atoms with van der Waals surface area (Å²) in [4.78, 5) is 0.285. The normalized spacial score (nSPS) is 12.8. The van der Waals surface area contributed by atoms with Gasteiger partial charge in [0.2, 0.25) is 15.9 Å². The lowest BCUT2D eigenvalue weighted by Crippen LogP contribution is -2.30. The van der Waals surface area contributed by atoms with Crippen molar-refractivity contribution < 1.29 is 12.8 Å². The molecule has 0 spiro atoms. The molecule has 1 unspecified atom stereocenters. The number of nitrogens with one attached hydrogen (secondary N) is 2. The predicted octanol–water partition coefficient (Wildman–Crippen LogP) is 3.30. The molecule has 1 heterocycles. The van der Waals surface area contributed by atoms with Crippen molar-refractivity contribution in [3.8, 4) is 0 Å². The minimum atomic E-state index is -3.73. The Morgan fingerprint density at radius 3 is 2.44 bits per heavy atom. The monoisotopic (exact) mass is 375 g/mol. The van der Waals surface area contributed by atoms with Crippen LogP contribution >= 0.6 is 12.2 Å². The van der Waals surface area contributed by atoms with E-state index in [1.165, 1.54) is 0 Å². The van der Waals surface area contributed by atoms with Crippen molar-refractivity contribution in [1.29, 1.82) is 0 Å². The number of aromatic amines is 1. The van der Waals surface area contributed by atoms with Crippen molar-refractivity contribution in [3.05, 3.63) is 76.5 Å². The zero-order valence-electron chi connectivity index (χ0n) is 13.5. The van der Waals surface area contributed by atoms with Gasteiger partial charge in [-0.2, -0.15) is 4.72 Å². The van der Waals surface area contributed by atoms with E-state index in [0.717, 1.165) is 11.1 Å². The van der Waals surface area contributed by atoms with Crippen LogP contribution in [0.5, 0.6) is 0 Å². The van der Waals surface area contributed by atoms with Crippen LogP contribution in [0.15, 0.2) is 63.9 Å². The highest BCUT2D eigenvalue weighted by atomic mass is 32.2. The fourth-order valence-corrected chi connectivity index (χ4v) is 3.71. The largest absolute Gasteiger partial charge is 0.412 e. The van der Waals surface area contributed by atoms with Gasteiger partial charge < -0.3 is 4.42 Å². The second-order valence-electron chi connectivity index (χ2n) is 5.63. The van der Waals surface area contributed by atoms with Gasteiger partial charge in [-0.05, 0) is 43.3 Å². The third-order valence-corrected chi connectivity index (χ3v) is 5.33. The molecule has 0 bridgehead atoms. The summed E-state index contributed by atoms with van der Waals surface area (Å²) < 4.78 is 33.4. The molecule has 1 aromatic heterocycles. The van der Waals surface area contributed by atoms with Crippen LogP contribution in [0.1, 0.15) is 23.1 Å². The fraction of sp³-hybridized carbons (Fsp3) is 0.176. The van der Waals surface area contributed by atoms with E-state index in [0.29, 0.717) is 6.42 Å². The van der Waals surface area contributed by atoms with Crippen LogP contribution in [0.3, 0.4) is 0 Å². The van der Waals surface area contributed by atoms with E-state index in [-0.39, 0.29) is 15.6 Å². The number of rotatable bonds is 6. The first-order valence-corrected chi connectivity index (χ1v) is 9.51. The van der Waals surface area contributed by atoms with Crippen LogP contribution in [-0.2, 0) is 16.4 Å². The minimum Gasteiger partial charge on any atom is -0.412 e. The standard InChI is InChI=1S/C17H17N3O3S2/c1-12-7-9-14(10-8-12)25(21,22)20-15(16-18-19-17(24)23-16)11-13-5-3-2-4-6-13/h2-10,15,20H,11H2,1H3,(H,19,24). The molecule has 0 saturated carbocycles. The highest BCUT2D eigenvalue weighted by molar-refractivity contribution is 7.89. The summed E-state index contributed by atoms with van der Waals surface area (Å²) in [5, 5.41) is 6.51. The van der Waals surface area contributed by atoms with E-state index >= 15 is 0 Å². The van der Waals surface area contributed by atoms with E-state index in [9.17, 15) is 8.42 Å². The third-order valence-electron chi connectivity index (χ3n) is 3.66. The Balaban J connectivity index is 1.91. The molecule has 0 radical (unpaired) electrons. The maximum atomic E-state index is 12.7. The summed E-state index contributed by atoms with van der Waals surface area (Å²) in [6.07, 6.45) is 0.384. The van der Waals surface area contributed by atoms with Crippen LogP contribution in [0.4, 0.5) is 0 Å². The summed E-state index contributed by atoms with van der Waals surface area (Å²) in [6.45, 7) is 1.90. The van der Waals surface area contributed by atoms with Crippen molar-refractivity contribution in [2.45, 2.75) is 24.3 Å². The van der Waals surface area contributed by atoms with E-state index in [1.54, 1.807) is 24.3 Å². The van der Waals surface area contributed by atoms with Crippen molar-refractivity contribution in [1.82, 2.24) is 14.9 Å². The number of H-pyrrole nitrogens is 1. The highest BCUT2D eigenvalue weighted by Gasteiger charge is 2.25. The van der Waals surface area contributed by atoms with Crippen molar-refractivity contribution in [2.75, 3.05) is 0 Å². The lowest BCUT2D eigenvalue weighted by atomic mass is 10.1. The summed E-state index contributed by atoms with van der Waals surface area (Å²) >= 11 is 4.90. The molecule has 1 atom stereocenters. The molecule has 0 fully saturated rings. The summed E-state index contributed by atoms with van der Waals surface area (Å²) in [7, 11) is -3.73. The SMILES string of the molecule is Cc1ccc(S(=O)(=O)NC(Cc2ccccc2)c2n[nH]c(=S)o2)cc1. The van der Waals surface area contributed by atoms with Gasteiger partial charge in [0.25, 0.3) is 4.84 Å². The smallest absolute Gasteiger partial charge is 0.284 e. The Morgan fingerprint density at radius 1 is 1.16 bits per heavy atom. The molecule has 2 aromatic carbocycles. The lowest BCUT2D eigenvalue weighted by molar-refractivity contribution is 0.419. The quantitative estimate of drug-likeness (QED) is 0.646. The Bertz CT molecular complexity index is 993. The Kier molecular flexibility index (Phi) is 5.12. The molecule has 3 aromatic rings. The van der Waals surface area contributed by atoms with Gasteiger partial charge in [0.05, 0.1) is 4.90 Å². The molecule has 6 nitrogen and oxygen atoms in total. The summed E-state index contributed by atoms with van der Waals surface area (Å²) in [5.41, 5.74) is 1.93. The zero-order chi connectivity index (χ0) is 17.9. The van der Waals surface area contributed by atoms with Gasteiger partial charge in [-0.15, -0.1) is 5.10 Å². The molecule has 25 heavy (non-hydrogen) atoms. The highest BCUT2D eigenvalue weighted by Crippen LogP contribution is 2.20. The Labute approximate surface area is 151 Å². The lowest BCUT2D eigenvalue weighted by Gasteiger charge is -2.16. The van der Waals surface area contributed by atoms with Crippen LogP contribution < -0.4 is 4.72 Å². The second-order valence-corrected chi connectivity index (χ2v) is 7.71. The summed E-state index contributed by atoms with van der Waals surface area (Å²) in [6, 6.07) is 15.5. The minimum absolute atomic E-state index is 0.0996. The number of aromatic nitrogens is 2. The number of hydrogen-bond acceptors (Lipinski definition) is 5. The van der Waals surface area contributed by atoms with Gasteiger partial charge >= 0.3 is 0 Å². The van der Waals surface area contributed by atoms with E-state index in [4.69, 9.17) is 16.6 Å². The van der Waals surface area contributed by atoms with Crippen LogP contribution in [0.2, 0.25) is 0 Å². The number of hydrogen-bond donors (Lipinski definition) is 2. The zero-order valence-corrected chi connectivity index (χ0v) is 15.1. The number of nitrogens with zero attached hydrogens (tertiary/aromatic N) is 1.